The Balaban J connectivity index is 2.01. The second kappa shape index (κ2) is 7.43. The monoisotopic (exact) mass is 304 g/mol. The first-order chi connectivity index (χ1) is 10.0. The van der Waals surface area contributed by atoms with Crippen LogP contribution in [0.5, 0.6) is 11.5 Å². The lowest BCUT2D eigenvalue weighted by atomic mass is 10.1. The standard InChI is InChI=1S/C17H21ClN2O/c1-12(2)8-19-9-14-4-5-16(6-13(14)3)21-17-7-15(18)10-20-11-17/h4-7,10-12,19H,8-9H2,1-3H3. The molecule has 0 atom stereocenters. The minimum atomic E-state index is 0.568. The summed E-state index contributed by atoms with van der Waals surface area (Å²) in [5.74, 6) is 2.10. The molecule has 0 aliphatic rings. The molecule has 1 aromatic carbocycles. The van der Waals surface area contributed by atoms with Gasteiger partial charge in [0.2, 0.25) is 0 Å². The van der Waals surface area contributed by atoms with Crippen LogP contribution in [0.25, 0.3) is 0 Å². The second-order valence-electron chi connectivity index (χ2n) is 5.55. The SMILES string of the molecule is Cc1cc(Oc2cncc(Cl)c2)ccc1CNCC(C)C. The van der Waals surface area contributed by atoms with E-state index >= 15 is 0 Å². The smallest absolute Gasteiger partial charge is 0.147 e. The zero-order chi connectivity index (χ0) is 15.2. The summed E-state index contributed by atoms with van der Waals surface area (Å²) in [6, 6.07) is 7.85. The fraction of sp³-hybridized carbons (Fsp3) is 0.353. The number of nitrogens with one attached hydrogen (secondary N) is 1. The van der Waals surface area contributed by atoms with E-state index in [0.717, 1.165) is 18.8 Å². The van der Waals surface area contributed by atoms with Crippen LogP contribution in [0.1, 0.15) is 25.0 Å². The van der Waals surface area contributed by atoms with E-state index < -0.39 is 0 Å². The van der Waals surface area contributed by atoms with Crippen molar-refractivity contribution in [2.24, 2.45) is 5.92 Å². The third kappa shape index (κ3) is 5.03. The molecule has 21 heavy (non-hydrogen) atoms. The van der Waals surface area contributed by atoms with Crippen molar-refractivity contribution in [1.82, 2.24) is 10.3 Å². The van der Waals surface area contributed by atoms with Crippen molar-refractivity contribution in [2.45, 2.75) is 27.3 Å². The van der Waals surface area contributed by atoms with Gasteiger partial charge < -0.3 is 10.1 Å². The van der Waals surface area contributed by atoms with Crippen LogP contribution in [0.3, 0.4) is 0 Å². The molecule has 3 nitrogen and oxygen atoms in total. The Morgan fingerprint density at radius 2 is 2.00 bits per heavy atom. The summed E-state index contributed by atoms with van der Waals surface area (Å²) in [6.45, 7) is 8.40. The maximum atomic E-state index is 5.90. The van der Waals surface area contributed by atoms with Gasteiger partial charge in [0.25, 0.3) is 0 Å². The highest BCUT2D eigenvalue weighted by molar-refractivity contribution is 6.30. The molecule has 1 aromatic heterocycles. The molecule has 0 fully saturated rings. The van der Waals surface area contributed by atoms with Crippen LogP contribution in [0, 0.1) is 12.8 Å². The lowest BCUT2D eigenvalue weighted by molar-refractivity contribution is 0.479. The van der Waals surface area contributed by atoms with Gasteiger partial charge in [-0.2, -0.15) is 0 Å². The summed E-state index contributed by atoms with van der Waals surface area (Å²) in [5.41, 5.74) is 2.49. The first kappa shape index (κ1) is 15.8. The van der Waals surface area contributed by atoms with Gasteiger partial charge in [-0.3, -0.25) is 4.98 Å². The van der Waals surface area contributed by atoms with Crippen LogP contribution < -0.4 is 10.1 Å². The van der Waals surface area contributed by atoms with Crippen molar-refractivity contribution in [2.75, 3.05) is 6.54 Å². The molecule has 4 heteroatoms. The molecule has 0 bridgehead atoms. The number of halogens is 1. The normalized spacial score (nSPS) is 10.9. The van der Waals surface area contributed by atoms with E-state index in [1.165, 1.54) is 11.1 Å². The highest BCUT2D eigenvalue weighted by Gasteiger charge is 2.03. The van der Waals surface area contributed by atoms with Crippen molar-refractivity contribution in [3.8, 4) is 11.5 Å². The topological polar surface area (TPSA) is 34.1 Å². The van der Waals surface area contributed by atoms with E-state index in [4.69, 9.17) is 16.3 Å². The van der Waals surface area contributed by atoms with Crippen LogP contribution >= 0.6 is 11.6 Å². The minimum absolute atomic E-state index is 0.568. The van der Waals surface area contributed by atoms with Crippen LogP contribution in [0.2, 0.25) is 5.02 Å². The molecule has 1 N–H and O–H groups in total. The van der Waals surface area contributed by atoms with Crippen molar-refractivity contribution < 1.29 is 4.74 Å². The summed E-state index contributed by atoms with van der Waals surface area (Å²) in [6.07, 6.45) is 3.24. The molecule has 0 unspecified atom stereocenters. The first-order valence-corrected chi connectivity index (χ1v) is 7.51. The lowest BCUT2D eigenvalue weighted by Crippen LogP contribution is -2.19. The van der Waals surface area contributed by atoms with Crippen molar-refractivity contribution in [1.29, 1.82) is 0 Å². The van der Waals surface area contributed by atoms with E-state index in [-0.39, 0.29) is 0 Å². The Hall–Kier alpha value is -1.58. The number of hydrogen-bond acceptors (Lipinski definition) is 3. The highest BCUT2D eigenvalue weighted by atomic mass is 35.5. The molecule has 0 aliphatic heterocycles. The Labute approximate surface area is 131 Å². The Bertz CT molecular complexity index is 599. The molecule has 0 saturated carbocycles. The molecular weight excluding hydrogens is 284 g/mol. The number of pyridine rings is 1. The van der Waals surface area contributed by atoms with E-state index in [1.54, 1.807) is 18.5 Å². The van der Waals surface area contributed by atoms with Crippen molar-refractivity contribution >= 4 is 11.6 Å². The maximum Gasteiger partial charge on any atom is 0.147 e. The van der Waals surface area contributed by atoms with Crippen molar-refractivity contribution in [3.05, 3.63) is 52.8 Å². The maximum absolute atomic E-state index is 5.90. The van der Waals surface area contributed by atoms with E-state index in [0.29, 0.717) is 16.7 Å². The number of aryl methyl sites for hydroxylation is 1. The zero-order valence-electron chi connectivity index (χ0n) is 12.7. The molecule has 0 spiro atoms. The predicted molar refractivity (Wildman–Crippen MR) is 87.0 cm³/mol. The number of benzene rings is 1. The average molecular weight is 305 g/mol. The highest BCUT2D eigenvalue weighted by Crippen LogP contribution is 2.25. The Morgan fingerprint density at radius 1 is 1.19 bits per heavy atom. The Morgan fingerprint density at radius 3 is 2.67 bits per heavy atom. The van der Waals surface area contributed by atoms with Gasteiger partial charge in [0.05, 0.1) is 11.2 Å². The fourth-order valence-corrected chi connectivity index (χ4v) is 2.17. The number of aromatic nitrogens is 1. The van der Waals surface area contributed by atoms with E-state index in [9.17, 15) is 0 Å². The van der Waals surface area contributed by atoms with Gasteiger partial charge in [-0.05, 0) is 42.6 Å². The van der Waals surface area contributed by atoms with Gasteiger partial charge in [0.15, 0.2) is 0 Å². The number of rotatable bonds is 6. The molecule has 112 valence electrons. The summed E-state index contributed by atoms with van der Waals surface area (Å²) in [7, 11) is 0. The number of hydrogen-bond donors (Lipinski definition) is 1. The summed E-state index contributed by atoms with van der Waals surface area (Å²) in [5, 5.41) is 4.02. The van der Waals surface area contributed by atoms with Gasteiger partial charge in [-0.25, -0.2) is 0 Å². The van der Waals surface area contributed by atoms with Crippen LogP contribution in [-0.2, 0) is 6.54 Å². The molecule has 0 radical (unpaired) electrons. The van der Waals surface area contributed by atoms with Crippen molar-refractivity contribution in [3.63, 3.8) is 0 Å². The number of nitrogens with zero attached hydrogens (tertiary/aromatic N) is 1. The summed E-state index contributed by atoms with van der Waals surface area (Å²) >= 11 is 5.90. The zero-order valence-corrected chi connectivity index (χ0v) is 13.4. The molecular formula is C17H21ClN2O. The number of ether oxygens (including phenoxy) is 1. The molecule has 0 aliphatic carbocycles. The third-order valence-electron chi connectivity index (χ3n) is 3.10. The molecule has 0 saturated heterocycles. The summed E-state index contributed by atoms with van der Waals surface area (Å²) in [4.78, 5) is 4.01. The van der Waals surface area contributed by atoms with E-state index in [1.807, 2.05) is 12.1 Å². The van der Waals surface area contributed by atoms with Gasteiger partial charge in [0, 0.05) is 18.8 Å². The van der Waals surface area contributed by atoms with E-state index in [2.05, 4.69) is 37.1 Å². The second-order valence-corrected chi connectivity index (χ2v) is 5.99. The molecule has 2 aromatic rings. The van der Waals surface area contributed by atoms with Crippen LogP contribution in [-0.4, -0.2) is 11.5 Å². The molecule has 1 heterocycles. The van der Waals surface area contributed by atoms with Gasteiger partial charge >= 0.3 is 0 Å². The average Bonchev–Trinajstić information content (AvgIpc) is 2.41. The van der Waals surface area contributed by atoms with Gasteiger partial charge in [0.1, 0.15) is 11.5 Å². The summed E-state index contributed by atoms with van der Waals surface area (Å²) < 4.78 is 5.77. The largest absolute Gasteiger partial charge is 0.456 e. The fourth-order valence-electron chi connectivity index (χ4n) is 2.01. The van der Waals surface area contributed by atoms with Crippen LogP contribution in [0.4, 0.5) is 0 Å². The quantitative estimate of drug-likeness (QED) is 0.848. The van der Waals surface area contributed by atoms with Crippen LogP contribution in [0.15, 0.2) is 36.7 Å². The Kier molecular flexibility index (Phi) is 5.59. The third-order valence-corrected chi connectivity index (χ3v) is 3.30. The molecule has 0 amide bonds. The predicted octanol–water partition coefficient (Wildman–Crippen LogP) is 4.58. The van der Waals surface area contributed by atoms with Gasteiger partial charge in [-0.15, -0.1) is 0 Å². The minimum Gasteiger partial charge on any atom is -0.456 e. The first-order valence-electron chi connectivity index (χ1n) is 7.13. The van der Waals surface area contributed by atoms with Gasteiger partial charge in [-0.1, -0.05) is 31.5 Å². The lowest BCUT2D eigenvalue weighted by Gasteiger charge is -2.12. The molecule has 2 rings (SSSR count).